The largest absolute Gasteiger partial charge is 0.481 e. The average molecular weight is 291 g/mol. The summed E-state index contributed by atoms with van der Waals surface area (Å²) in [6.45, 7) is 2.05. The zero-order valence-electron chi connectivity index (χ0n) is 13.0. The fourth-order valence-corrected chi connectivity index (χ4v) is 2.42. The third kappa shape index (κ3) is 11.0. The zero-order valence-corrected chi connectivity index (χ0v) is 13.0. The number of carbonyl (C=O) groups is 1. The SMILES string of the molecule is O=C(O)CCCCCCCCCCNCc1ccccc1. The highest BCUT2D eigenvalue weighted by molar-refractivity contribution is 5.66. The Labute approximate surface area is 128 Å². The van der Waals surface area contributed by atoms with Gasteiger partial charge in [0.1, 0.15) is 0 Å². The van der Waals surface area contributed by atoms with E-state index in [0.29, 0.717) is 6.42 Å². The van der Waals surface area contributed by atoms with E-state index in [1.165, 1.54) is 44.1 Å². The van der Waals surface area contributed by atoms with E-state index in [1.54, 1.807) is 0 Å². The molecule has 0 radical (unpaired) electrons. The number of carboxylic acid groups (broad SMARTS) is 1. The molecule has 0 fully saturated rings. The molecule has 2 N–H and O–H groups in total. The number of unbranched alkanes of at least 4 members (excludes halogenated alkanes) is 7. The predicted molar refractivity (Wildman–Crippen MR) is 87.3 cm³/mol. The van der Waals surface area contributed by atoms with Gasteiger partial charge in [0.15, 0.2) is 0 Å². The van der Waals surface area contributed by atoms with Gasteiger partial charge in [-0.1, -0.05) is 68.9 Å². The Morgan fingerprint density at radius 3 is 2.05 bits per heavy atom. The zero-order chi connectivity index (χ0) is 15.2. The van der Waals surface area contributed by atoms with Crippen LogP contribution in [0.3, 0.4) is 0 Å². The number of aliphatic carboxylic acids is 1. The molecule has 0 saturated heterocycles. The summed E-state index contributed by atoms with van der Waals surface area (Å²) in [4.78, 5) is 10.3. The van der Waals surface area contributed by atoms with Crippen LogP contribution in [0.15, 0.2) is 30.3 Å². The van der Waals surface area contributed by atoms with Crippen LogP contribution in [0, 0.1) is 0 Å². The summed E-state index contributed by atoms with van der Waals surface area (Å²) in [5.41, 5.74) is 1.35. The van der Waals surface area contributed by atoms with Crippen LogP contribution in [0.4, 0.5) is 0 Å². The van der Waals surface area contributed by atoms with E-state index in [2.05, 4.69) is 29.6 Å². The van der Waals surface area contributed by atoms with Crippen LogP contribution >= 0.6 is 0 Å². The lowest BCUT2D eigenvalue weighted by Crippen LogP contribution is -2.14. The summed E-state index contributed by atoms with van der Waals surface area (Å²) in [7, 11) is 0. The molecule has 21 heavy (non-hydrogen) atoms. The third-order valence-electron chi connectivity index (χ3n) is 3.67. The number of carboxylic acids is 1. The first-order valence-corrected chi connectivity index (χ1v) is 8.25. The van der Waals surface area contributed by atoms with Gasteiger partial charge in [-0.25, -0.2) is 0 Å². The Hall–Kier alpha value is -1.35. The standard InChI is InChI=1S/C18H29NO2/c20-18(21)14-10-5-3-1-2-4-6-11-15-19-16-17-12-8-7-9-13-17/h7-9,12-13,19H,1-6,10-11,14-16H2,(H,20,21). The highest BCUT2D eigenvalue weighted by Crippen LogP contribution is 2.09. The second-order valence-electron chi connectivity index (χ2n) is 5.63. The van der Waals surface area contributed by atoms with E-state index in [1.807, 2.05) is 6.07 Å². The van der Waals surface area contributed by atoms with E-state index in [-0.39, 0.29) is 0 Å². The first-order chi connectivity index (χ1) is 10.3. The monoisotopic (exact) mass is 291 g/mol. The van der Waals surface area contributed by atoms with E-state index >= 15 is 0 Å². The summed E-state index contributed by atoms with van der Waals surface area (Å²) in [6, 6.07) is 10.5. The van der Waals surface area contributed by atoms with Crippen molar-refractivity contribution in [3.8, 4) is 0 Å². The van der Waals surface area contributed by atoms with Crippen molar-refractivity contribution in [1.82, 2.24) is 5.32 Å². The van der Waals surface area contributed by atoms with Crippen molar-refractivity contribution in [3.63, 3.8) is 0 Å². The minimum Gasteiger partial charge on any atom is -0.481 e. The van der Waals surface area contributed by atoms with Crippen molar-refractivity contribution in [3.05, 3.63) is 35.9 Å². The fraction of sp³-hybridized carbons (Fsp3) is 0.611. The topological polar surface area (TPSA) is 49.3 Å². The lowest BCUT2D eigenvalue weighted by atomic mass is 10.1. The molecule has 0 atom stereocenters. The van der Waals surface area contributed by atoms with Crippen LogP contribution in [0.1, 0.15) is 63.4 Å². The second kappa shape index (κ2) is 12.4. The normalized spacial score (nSPS) is 10.7. The van der Waals surface area contributed by atoms with Gasteiger partial charge in [0.05, 0.1) is 0 Å². The molecule has 0 saturated carbocycles. The Morgan fingerprint density at radius 1 is 0.857 bits per heavy atom. The maximum atomic E-state index is 10.3. The lowest BCUT2D eigenvalue weighted by Gasteiger charge is -2.05. The van der Waals surface area contributed by atoms with Crippen LogP contribution in [0.2, 0.25) is 0 Å². The summed E-state index contributed by atoms with van der Waals surface area (Å²) >= 11 is 0. The fourth-order valence-electron chi connectivity index (χ4n) is 2.42. The van der Waals surface area contributed by atoms with Crippen molar-refractivity contribution in [2.24, 2.45) is 0 Å². The molecule has 0 aliphatic heterocycles. The highest BCUT2D eigenvalue weighted by atomic mass is 16.4. The smallest absolute Gasteiger partial charge is 0.303 e. The minimum atomic E-state index is -0.669. The summed E-state index contributed by atoms with van der Waals surface area (Å²) < 4.78 is 0. The maximum Gasteiger partial charge on any atom is 0.303 e. The van der Waals surface area contributed by atoms with Crippen molar-refractivity contribution in [2.75, 3.05) is 6.54 Å². The average Bonchev–Trinajstić information content (AvgIpc) is 2.49. The first-order valence-electron chi connectivity index (χ1n) is 8.25. The van der Waals surface area contributed by atoms with Gasteiger partial charge in [0.25, 0.3) is 0 Å². The first kappa shape index (κ1) is 17.7. The highest BCUT2D eigenvalue weighted by Gasteiger charge is 1.97. The van der Waals surface area contributed by atoms with E-state index in [4.69, 9.17) is 5.11 Å². The quantitative estimate of drug-likeness (QED) is 0.530. The lowest BCUT2D eigenvalue weighted by molar-refractivity contribution is -0.137. The van der Waals surface area contributed by atoms with Gasteiger partial charge in [-0.05, 0) is 24.9 Å². The van der Waals surface area contributed by atoms with Gasteiger partial charge in [-0.2, -0.15) is 0 Å². The molecule has 0 aliphatic carbocycles. The third-order valence-corrected chi connectivity index (χ3v) is 3.67. The minimum absolute atomic E-state index is 0.326. The van der Waals surface area contributed by atoms with Crippen LogP contribution in [0.25, 0.3) is 0 Å². The second-order valence-corrected chi connectivity index (χ2v) is 5.63. The predicted octanol–water partition coefficient (Wildman–Crippen LogP) is 4.37. The summed E-state index contributed by atoms with van der Waals surface area (Å²) in [6.07, 6.45) is 9.76. The molecule has 1 rings (SSSR count). The van der Waals surface area contributed by atoms with Crippen LogP contribution in [0.5, 0.6) is 0 Å². The van der Waals surface area contributed by atoms with Crippen molar-refractivity contribution in [2.45, 2.75) is 64.3 Å². The molecule has 0 amide bonds. The Morgan fingerprint density at radius 2 is 1.43 bits per heavy atom. The summed E-state index contributed by atoms with van der Waals surface area (Å²) in [5, 5.41) is 12.0. The molecule has 118 valence electrons. The Bertz CT molecular complexity index is 365. The molecule has 0 spiro atoms. The number of nitrogens with one attached hydrogen (secondary N) is 1. The Kier molecular flexibility index (Phi) is 10.4. The van der Waals surface area contributed by atoms with Gasteiger partial charge < -0.3 is 10.4 Å². The number of hydrogen-bond donors (Lipinski definition) is 2. The van der Waals surface area contributed by atoms with Gasteiger partial charge in [0.2, 0.25) is 0 Å². The molecule has 0 heterocycles. The van der Waals surface area contributed by atoms with Crippen molar-refractivity contribution in [1.29, 1.82) is 0 Å². The van der Waals surface area contributed by atoms with E-state index in [9.17, 15) is 4.79 Å². The molecule has 0 aliphatic rings. The van der Waals surface area contributed by atoms with Gasteiger partial charge in [0, 0.05) is 13.0 Å². The molecule has 0 aromatic heterocycles. The van der Waals surface area contributed by atoms with Crippen LogP contribution < -0.4 is 5.32 Å². The van der Waals surface area contributed by atoms with Gasteiger partial charge in [-0.15, -0.1) is 0 Å². The number of rotatable bonds is 13. The molecule has 1 aromatic rings. The summed E-state index contributed by atoms with van der Waals surface area (Å²) in [5.74, 6) is -0.669. The molecule has 1 aromatic carbocycles. The molecular weight excluding hydrogens is 262 g/mol. The van der Waals surface area contributed by atoms with Crippen LogP contribution in [-0.4, -0.2) is 17.6 Å². The van der Waals surface area contributed by atoms with Crippen molar-refractivity contribution >= 4 is 5.97 Å². The molecule has 3 nitrogen and oxygen atoms in total. The van der Waals surface area contributed by atoms with E-state index < -0.39 is 5.97 Å². The van der Waals surface area contributed by atoms with Crippen LogP contribution in [-0.2, 0) is 11.3 Å². The van der Waals surface area contributed by atoms with Gasteiger partial charge in [-0.3, -0.25) is 4.79 Å². The number of benzene rings is 1. The van der Waals surface area contributed by atoms with Gasteiger partial charge >= 0.3 is 5.97 Å². The Balaban J connectivity index is 1.78. The van der Waals surface area contributed by atoms with Crippen molar-refractivity contribution < 1.29 is 9.90 Å². The maximum absolute atomic E-state index is 10.3. The molecule has 0 bridgehead atoms. The molecule has 3 heteroatoms. The molecule has 0 unspecified atom stereocenters. The van der Waals surface area contributed by atoms with E-state index in [0.717, 1.165) is 25.9 Å². The molecular formula is C18H29NO2. The number of hydrogen-bond acceptors (Lipinski definition) is 2.